The zero-order chi connectivity index (χ0) is 14.1. The molecule has 0 saturated heterocycles. The van der Waals surface area contributed by atoms with Gasteiger partial charge < -0.3 is 11.1 Å². The molecule has 2 aromatic rings. The molecule has 1 saturated carbocycles. The second-order valence-electron chi connectivity index (χ2n) is 5.55. The summed E-state index contributed by atoms with van der Waals surface area (Å²) in [6, 6.07) is 6.25. The lowest BCUT2D eigenvalue weighted by atomic mass is 9.86. The van der Waals surface area contributed by atoms with Crippen molar-refractivity contribution in [1.29, 1.82) is 0 Å². The van der Waals surface area contributed by atoms with Gasteiger partial charge in [0.2, 0.25) is 5.91 Å². The number of aromatic nitrogens is 1. The highest BCUT2D eigenvalue weighted by Gasteiger charge is 2.25. The average molecular weight is 289 g/mol. The van der Waals surface area contributed by atoms with Crippen molar-refractivity contribution < 1.29 is 4.79 Å². The lowest BCUT2D eigenvalue weighted by molar-refractivity contribution is -0.120. The maximum Gasteiger partial charge on any atom is 0.229 e. The molecule has 0 aliphatic heterocycles. The first-order valence-corrected chi connectivity index (χ1v) is 7.88. The van der Waals surface area contributed by atoms with Crippen molar-refractivity contribution in [2.75, 3.05) is 5.32 Å². The predicted octanol–water partition coefficient (Wildman–Crippen LogP) is 3.06. The third-order valence-electron chi connectivity index (χ3n) is 3.94. The quantitative estimate of drug-likeness (QED) is 0.892. The molecule has 106 valence electrons. The van der Waals surface area contributed by atoms with Crippen molar-refractivity contribution in [3.05, 3.63) is 23.8 Å². The van der Waals surface area contributed by atoms with Crippen LogP contribution in [-0.4, -0.2) is 16.9 Å². The number of carbonyl (C=O) groups excluding carboxylic acids is 1. The number of anilines is 1. The Kier molecular flexibility index (Phi) is 3.72. The lowest BCUT2D eigenvalue weighted by Crippen LogP contribution is -2.34. The van der Waals surface area contributed by atoms with Gasteiger partial charge in [0, 0.05) is 12.0 Å². The highest BCUT2D eigenvalue weighted by Crippen LogP contribution is 2.29. The Bertz CT molecular complexity index is 637. The van der Waals surface area contributed by atoms with Crippen LogP contribution in [0.4, 0.5) is 5.13 Å². The van der Waals surface area contributed by atoms with Crippen LogP contribution in [0, 0.1) is 12.8 Å². The van der Waals surface area contributed by atoms with Gasteiger partial charge in [0.25, 0.3) is 0 Å². The number of para-hydroxylation sites is 1. The second-order valence-corrected chi connectivity index (χ2v) is 6.58. The number of carbonyl (C=O) groups is 1. The third-order valence-corrected chi connectivity index (χ3v) is 4.87. The molecule has 1 fully saturated rings. The van der Waals surface area contributed by atoms with E-state index in [-0.39, 0.29) is 17.9 Å². The first kappa shape index (κ1) is 13.5. The van der Waals surface area contributed by atoms with Gasteiger partial charge in [-0.05, 0) is 37.8 Å². The van der Waals surface area contributed by atoms with Crippen molar-refractivity contribution in [3.8, 4) is 0 Å². The van der Waals surface area contributed by atoms with Crippen LogP contribution >= 0.6 is 11.3 Å². The van der Waals surface area contributed by atoms with Crippen LogP contribution in [0.5, 0.6) is 0 Å². The highest BCUT2D eigenvalue weighted by molar-refractivity contribution is 7.22. The van der Waals surface area contributed by atoms with Gasteiger partial charge in [0.15, 0.2) is 5.13 Å². The first-order chi connectivity index (χ1) is 9.63. The molecule has 20 heavy (non-hydrogen) atoms. The lowest BCUT2D eigenvalue weighted by Gasteiger charge is -2.25. The van der Waals surface area contributed by atoms with Gasteiger partial charge in [-0.1, -0.05) is 29.9 Å². The van der Waals surface area contributed by atoms with Gasteiger partial charge in [-0.25, -0.2) is 4.98 Å². The molecular weight excluding hydrogens is 270 g/mol. The van der Waals surface area contributed by atoms with Crippen LogP contribution in [0.3, 0.4) is 0 Å². The Morgan fingerprint density at radius 3 is 3.05 bits per heavy atom. The van der Waals surface area contributed by atoms with Crippen LogP contribution in [0.1, 0.15) is 31.2 Å². The number of nitrogens with two attached hydrogens (primary N) is 1. The van der Waals surface area contributed by atoms with E-state index >= 15 is 0 Å². The SMILES string of the molecule is Cc1cccc2sc(NC(=O)C3CCCC(N)C3)nc12. The normalized spacial score (nSPS) is 22.9. The Morgan fingerprint density at radius 2 is 2.30 bits per heavy atom. The summed E-state index contributed by atoms with van der Waals surface area (Å²) in [5, 5.41) is 3.65. The summed E-state index contributed by atoms with van der Waals surface area (Å²) in [4.78, 5) is 16.8. The van der Waals surface area contributed by atoms with Gasteiger partial charge in [0.1, 0.15) is 0 Å². The van der Waals surface area contributed by atoms with E-state index in [2.05, 4.69) is 10.3 Å². The van der Waals surface area contributed by atoms with Crippen LogP contribution in [0.2, 0.25) is 0 Å². The molecule has 3 N–H and O–H groups in total. The molecule has 1 aromatic heterocycles. The number of hydrogen-bond donors (Lipinski definition) is 2. The standard InChI is InChI=1S/C15H19N3OS/c1-9-4-2-7-12-13(9)17-15(20-12)18-14(19)10-5-3-6-11(16)8-10/h2,4,7,10-11H,3,5-6,8,16H2,1H3,(H,17,18,19). The van der Waals surface area contributed by atoms with Crippen molar-refractivity contribution in [2.24, 2.45) is 11.7 Å². The number of amides is 1. The third kappa shape index (κ3) is 2.69. The first-order valence-electron chi connectivity index (χ1n) is 7.06. The van der Waals surface area contributed by atoms with Crippen molar-refractivity contribution >= 4 is 32.6 Å². The number of rotatable bonds is 2. The number of nitrogens with one attached hydrogen (secondary N) is 1. The maximum atomic E-state index is 12.3. The Hall–Kier alpha value is -1.46. The maximum absolute atomic E-state index is 12.3. The minimum Gasteiger partial charge on any atom is -0.328 e. The molecule has 1 aliphatic carbocycles. The number of hydrogen-bond acceptors (Lipinski definition) is 4. The van der Waals surface area contributed by atoms with E-state index in [0.717, 1.165) is 41.5 Å². The number of fused-ring (bicyclic) bond motifs is 1. The second kappa shape index (κ2) is 5.50. The van der Waals surface area contributed by atoms with Crippen LogP contribution in [0.25, 0.3) is 10.2 Å². The monoisotopic (exact) mass is 289 g/mol. The smallest absolute Gasteiger partial charge is 0.229 e. The van der Waals surface area contributed by atoms with Gasteiger partial charge in [0.05, 0.1) is 10.2 Å². The van der Waals surface area contributed by atoms with Crippen LogP contribution < -0.4 is 11.1 Å². The van der Waals surface area contributed by atoms with E-state index in [1.165, 1.54) is 11.3 Å². The zero-order valence-electron chi connectivity index (χ0n) is 11.6. The topological polar surface area (TPSA) is 68.0 Å². The van der Waals surface area contributed by atoms with E-state index in [0.29, 0.717) is 5.13 Å². The van der Waals surface area contributed by atoms with Gasteiger partial charge in [-0.3, -0.25) is 4.79 Å². The zero-order valence-corrected chi connectivity index (χ0v) is 12.4. The average Bonchev–Trinajstić information content (AvgIpc) is 2.83. The summed E-state index contributed by atoms with van der Waals surface area (Å²) in [7, 11) is 0. The largest absolute Gasteiger partial charge is 0.328 e. The Balaban J connectivity index is 1.75. The molecule has 3 rings (SSSR count). The Labute approximate surface area is 122 Å². The molecule has 0 radical (unpaired) electrons. The van der Waals surface area contributed by atoms with Crippen LogP contribution in [-0.2, 0) is 4.79 Å². The molecule has 0 spiro atoms. The summed E-state index contributed by atoms with van der Waals surface area (Å²) in [5.41, 5.74) is 8.06. The van der Waals surface area contributed by atoms with Crippen molar-refractivity contribution in [3.63, 3.8) is 0 Å². The fourth-order valence-electron chi connectivity index (χ4n) is 2.81. The molecule has 4 nitrogen and oxygen atoms in total. The summed E-state index contributed by atoms with van der Waals surface area (Å²) >= 11 is 1.53. The van der Waals surface area contributed by atoms with E-state index in [4.69, 9.17) is 5.73 Å². The van der Waals surface area contributed by atoms with E-state index < -0.39 is 0 Å². The molecule has 0 bridgehead atoms. The highest BCUT2D eigenvalue weighted by atomic mass is 32.1. The number of benzene rings is 1. The molecule has 1 aliphatic rings. The fraction of sp³-hybridized carbons (Fsp3) is 0.467. The fourth-order valence-corrected chi connectivity index (χ4v) is 3.76. The predicted molar refractivity (Wildman–Crippen MR) is 82.9 cm³/mol. The molecule has 1 heterocycles. The summed E-state index contributed by atoms with van der Waals surface area (Å²) in [6.45, 7) is 2.04. The number of nitrogens with zero attached hydrogens (tertiary/aromatic N) is 1. The van der Waals surface area contributed by atoms with Gasteiger partial charge in [-0.15, -0.1) is 0 Å². The minimum absolute atomic E-state index is 0.0341. The summed E-state index contributed by atoms with van der Waals surface area (Å²) in [6.07, 6.45) is 3.79. The molecular formula is C15H19N3OS. The van der Waals surface area contributed by atoms with Gasteiger partial charge in [-0.2, -0.15) is 0 Å². The van der Waals surface area contributed by atoms with Crippen molar-refractivity contribution in [1.82, 2.24) is 4.98 Å². The van der Waals surface area contributed by atoms with Crippen molar-refractivity contribution in [2.45, 2.75) is 38.6 Å². The molecule has 1 aromatic carbocycles. The summed E-state index contributed by atoms with van der Waals surface area (Å²) in [5.74, 6) is 0.101. The van der Waals surface area contributed by atoms with E-state index in [9.17, 15) is 4.79 Å². The number of thiazole rings is 1. The molecule has 2 unspecified atom stereocenters. The molecule has 2 atom stereocenters. The molecule has 1 amide bonds. The Morgan fingerprint density at radius 1 is 1.45 bits per heavy atom. The molecule has 5 heteroatoms. The summed E-state index contributed by atoms with van der Waals surface area (Å²) < 4.78 is 1.11. The minimum atomic E-state index is 0.0341. The van der Waals surface area contributed by atoms with E-state index in [1.54, 1.807) is 0 Å². The van der Waals surface area contributed by atoms with Gasteiger partial charge >= 0.3 is 0 Å². The number of aryl methyl sites for hydroxylation is 1. The van der Waals surface area contributed by atoms with E-state index in [1.807, 2.05) is 25.1 Å². The van der Waals surface area contributed by atoms with Crippen LogP contribution in [0.15, 0.2) is 18.2 Å².